The first kappa shape index (κ1) is 9.64. The van der Waals surface area contributed by atoms with Crippen molar-refractivity contribution in [1.82, 2.24) is 19.9 Å². The third-order valence-corrected chi connectivity index (χ3v) is 1.92. The summed E-state index contributed by atoms with van der Waals surface area (Å²) in [5.74, 6) is 2.13. The van der Waals surface area contributed by atoms with Crippen molar-refractivity contribution >= 4 is 5.82 Å². The van der Waals surface area contributed by atoms with E-state index in [1.165, 1.54) is 0 Å². The zero-order chi connectivity index (χ0) is 10.5. The van der Waals surface area contributed by atoms with Gasteiger partial charge in [-0.2, -0.15) is 0 Å². The van der Waals surface area contributed by atoms with Crippen LogP contribution >= 0.6 is 0 Å². The van der Waals surface area contributed by atoms with Crippen LogP contribution in [0.2, 0.25) is 0 Å². The summed E-state index contributed by atoms with van der Waals surface area (Å²) in [4.78, 5) is 15.6. The minimum absolute atomic E-state index is 0.612. The molecule has 0 bridgehead atoms. The standard InChI is InChI=1S/C10H13N5/c1-2-4-11-8-3-5-12-10(15-8)9-13-6-7-14-9/h3,5-7H,2,4H2,1H3,(H,13,14)(H,11,12,15). The van der Waals surface area contributed by atoms with Crippen molar-refractivity contribution in [2.75, 3.05) is 11.9 Å². The minimum atomic E-state index is 0.612. The van der Waals surface area contributed by atoms with Crippen LogP contribution in [0, 0.1) is 0 Å². The van der Waals surface area contributed by atoms with Gasteiger partial charge in [-0.15, -0.1) is 0 Å². The lowest BCUT2D eigenvalue weighted by Crippen LogP contribution is -2.03. The molecule has 0 aliphatic rings. The summed E-state index contributed by atoms with van der Waals surface area (Å²) in [5, 5.41) is 3.20. The van der Waals surface area contributed by atoms with Gasteiger partial charge < -0.3 is 10.3 Å². The number of imidazole rings is 1. The van der Waals surface area contributed by atoms with Crippen LogP contribution < -0.4 is 5.32 Å². The number of hydrogen-bond donors (Lipinski definition) is 2. The molecule has 0 aliphatic heterocycles. The zero-order valence-corrected chi connectivity index (χ0v) is 8.57. The Bertz CT molecular complexity index is 410. The van der Waals surface area contributed by atoms with Crippen molar-refractivity contribution in [3.8, 4) is 11.6 Å². The highest BCUT2D eigenvalue weighted by molar-refractivity contribution is 5.47. The molecule has 2 N–H and O–H groups in total. The van der Waals surface area contributed by atoms with Gasteiger partial charge in [0, 0.05) is 25.1 Å². The number of nitrogens with zero attached hydrogens (tertiary/aromatic N) is 3. The maximum absolute atomic E-state index is 4.34. The Balaban J connectivity index is 2.19. The third-order valence-electron chi connectivity index (χ3n) is 1.92. The van der Waals surface area contributed by atoms with E-state index in [0.29, 0.717) is 11.6 Å². The van der Waals surface area contributed by atoms with Crippen LogP contribution in [0.4, 0.5) is 5.82 Å². The molecule has 2 aromatic heterocycles. The van der Waals surface area contributed by atoms with E-state index in [4.69, 9.17) is 0 Å². The fraction of sp³-hybridized carbons (Fsp3) is 0.300. The first-order valence-corrected chi connectivity index (χ1v) is 4.97. The molecule has 0 saturated heterocycles. The Morgan fingerprint density at radius 2 is 2.27 bits per heavy atom. The molecule has 0 unspecified atom stereocenters. The van der Waals surface area contributed by atoms with Gasteiger partial charge in [0.1, 0.15) is 5.82 Å². The van der Waals surface area contributed by atoms with Gasteiger partial charge in [0.15, 0.2) is 11.6 Å². The van der Waals surface area contributed by atoms with Crippen LogP contribution in [-0.4, -0.2) is 26.5 Å². The molecule has 2 rings (SSSR count). The molecule has 0 saturated carbocycles. The van der Waals surface area contributed by atoms with Gasteiger partial charge in [0.2, 0.25) is 0 Å². The van der Waals surface area contributed by atoms with Crippen molar-refractivity contribution in [2.45, 2.75) is 13.3 Å². The van der Waals surface area contributed by atoms with Crippen LogP contribution in [0.5, 0.6) is 0 Å². The molecule has 15 heavy (non-hydrogen) atoms. The van der Waals surface area contributed by atoms with E-state index >= 15 is 0 Å². The molecule has 0 aliphatic carbocycles. The van der Waals surface area contributed by atoms with E-state index in [2.05, 4.69) is 32.2 Å². The van der Waals surface area contributed by atoms with Crippen molar-refractivity contribution in [1.29, 1.82) is 0 Å². The first-order chi connectivity index (χ1) is 7.40. The van der Waals surface area contributed by atoms with Gasteiger partial charge in [0.05, 0.1) is 0 Å². The van der Waals surface area contributed by atoms with Gasteiger partial charge in [-0.1, -0.05) is 6.92 Å². The number of anilines is 1. The lowest BCUT2D eigenvalue weighted by atomic mass is 10.4. The number of H-pyrrole nitrogens is 1. The summed E-state index contributed by atoms with van der Waals surface area (Å²) in [6, 6.07) is 1.85. The highest BCUT2D eigenvalue weighted by Gasteiger charge is 2.03. The highest BCUT2D eigenvalue weighted by Crippen LogP contribution is 2.10. The van der Waals surface area contributed by atoms with Crippen LogP contribution in [0.3, 0.4) is 0 Å². The largest absolute Gasteiger partial charge is 0.370 e. The Hall–Kier alpha value is -1.91. The lowest BCUT2D eigenvalue weighted by molar-refractivity contribution is 0.964. The van der Waals surface area contributed by atoms with Crippen molar-refractivity contribution < 1.29 is 0 Å². The Morgan fingerprint density at radius 3 is 3.00 bits per heavy atom. The van der Waals surface area contributed by atoms with Crippen molar-refractivity contribution in [2.24, 2.45) is 0 Å². The summed E-state index contributed by atoms with van der Waals surface area (Å²) < 4.78 is 0. The highest BCUT2D eigenvalue weighted by atomic mass is 15.1. The molecular weight excluding hydrogens is 190 g/mol. The Kier molecular flexibility index (Phi) is 2.92. The number of aromatic nitrogens is 4. The summed E-state index contributed by atoms with van der Waals surface area (Å²) in [7, 11) is 0. The first-order valence-electron chi connectivity index (χ1n) is 4.97. The molecule has 0 amide bonds. The molecule has 0 atom stereocenters. The second-order valence-electron chi connectivity index (χ2n) is 3.13. The fourth-order valence-electron chi connectivity index (χ4n) is 1.21. The monoisotopic (exact) mass is 203 g/mol. The zero-order valence-electron chi connectivity index (χ0n) is 8.57. The SMILES string of the molecule is CCCNc1ccnc(-c2ncc[nH]2)n1. The van der Waals surface area contributed by atoms with E-state index < -0.39 is 0 Å². The van der Waals surface area contributed by atoms with Gasteiger partial charge >= 0.3 is 0 Å². The van der Waals surface area contributed by atoms with E-state index in [9.17, 15) is 0 Å². The molecule has 5 nitrogen and oxygen atoms in total. The molecule has 2 aromatic rings. The summed E-state index contributed by atoms with van der Waals surface area (Å²) >= 11 is 0. The van der Waals surface area contributed by atoms with Crippen LogP contribution in [0.25, 0.3) is 11.6 Å². The third kappa shape index (κ3) is 2.31. The number of rotatable bonds is 4. The molecule has 2 heterocycles. The topological polar surface area (TPSA) is 66.5 Å². The molecule has 0 fully saturated rings. The molecule has 0 aromatic carbocycles. The van der Waals surface area contributed by atoms with E-state index in [1.54, 1.807) is 18.6 Å². The summed E-state index contributed by atoms with van der Waals surface area (Å²) in [6.07, 6.45) is 6.23. The second-order valence-corrected chi connectivity index (χ2v) is 3.13. The van der Waals surface area contributed by atoms with Gasteiger partial charge in [0.25, 0.3) is 0 Å². The van der Waals surface area contributed by atoms with Gasteiger partial charge in [-0.25, -0.2) is 15.0 Å². The van der Waals surface area contributed by atoms with E-state index in [-0.39, 0.29) is 0 Å². The van der Waals surface area contributed by atoms with Crippen molar-refractivity contribution in [3.05, 3.63) is 24.7 Å². The molecular formula is C10H13N5. The molecule has 0 radical (unpaired) electrons. The van der Waals surface area contributed by atoms with Crippen molar-refractivity contribution in [3.63, 3.8) is 0 Å². The smallest absolute Gasteiger partial charge is 0.197 e. The number of nitrogens with one attached hydrogen (secondary N) is 2. The maximum Gasteiger partial charge on any atom is 0.197 e. The lowest BCUT2D eigenvalue weighted by Gasteiger charge is -2.03. The Morgan fingerprint density at radius 1 is 1.33 bits per heavy atom. The predicted molar refractivity (Wildman–Crippen MR) is 58.4 cm³/mol. The van der Waals surface area contributed by atoms with E-state index in [0.717, 1.165) is 18.8 Å². The average Bonchev–Trinajstić information content (AvgIpc) is 2.80. The minimum Gasteiger partial charge on any atom is -0.370 e. The normalized spacial score (nSPS) is 10.2. The fourth-order valence-corrected chi connectivity index (χ4v) is 1.21. The van der Waals surface area contributed by atoms with Crippen LogP contribution in [0.15, 0.2) is 24.7 Å². The summed E-state index contributed by atoms with van der Waals surface area (Å²) in [6.45, 7) is 3.02. The maximum atomic E-state index is 4.34. The quantitative estimate of drug-likeness (QED) is 0.793. The van der Waals surface area contributed by atoms with Gasteiger partial charge in [-0.3, -0.25) is 0 Å². The van der Waals surface area contributed by atoms with Crippen LogP contribution in [-0.2, 0) is 0 Å². The van der Waals surface area contributed by atoms with Crippen LogP contribution in [0.1, 0.15) is 13.3 Å². The molecule has 5 heteroatoms. The molecule has 78 valence electrons. The number of hydrogen-bond acceptors (Lipinski definition) is 4. The Labute approximate surface area is 88.0 Å². The second kappa shape index (κ2) is 4.54. The predicted octanol–water partition coefficient (Wildman–Crippen LogP) is 1.69. The van der Waals surface area contributed by atoms with E-state index in [1.807, 2.05) is 6.07 Å². The summed E-state index contributed by atoms with van der Waals surface area (Å²) in [5.41, 5.74) is 0. The molecule has 0 spiro atoms. The average molecular weight is 203 g/mol. The number of aromatic amines is 1. The van der Waals surface area contributed by atoms with Gasteiger partial charge in [-0.05, 0) is 12.5 Å².